The minimum absolute atomic E-state index is 0.206. The fourth-order valence-electron chi connectivity index (χ4n) is 2.05. The molecule has 116 valence electrons. The number of hydrogen-bond donors (Lipinski definition) is 1. The first-order chi connectivity index (χ1) is 10.6. The molecule has 0 fully saturated rings. The number of pyridine rings is 1. The van der Waals surface area contributed by atoms with Crippen molar-refractivity contribution in [3.05, 3.63) is 47.2 Å². The topological polar surface area (TPSA) is 68.7 Å². The van der Waals surface area contributed by atoms with Crippen molar-refractivity contribution in [1.82, 2.24) is 4.98 Å². The van der Waals surface area contributed by atoms with Gasteiger partial charge in [-0.25, -0.2) is 9.78 Å². The van der Waals surface area contributed by atoms with Crippen LogP contribution < -0.4 is 9.47 Å². The molecule has 1 aromatic carbocycles. The molecule has 2 rings (SSSR count). The quantitative estimate of drug-likeness (QED) is 0.823. The van der Waals surface area contributed by atoms with Gasteiger partial charge in [-0.3, -0.25) is 0 Å². The second-order valence-corrected chi connectivity index (χ2v) is 5.54. The lowest BCUT2D eigenvalue weighted by molar-refractivity contribution is 0.0692. The lowest BCUT2D eigenvalue weighted by Gasteiger charge is -2.13. The van der Waals surface area contributed by atoms with Crippen LogP contribution in [0.2, 0.25) is 0 Å². The summed E-state index contributed by atoms with van der Waals surface area (Å²) in [6, 6.07) is 6.91. The Kier molecular flexibility index (Phi) is 5.27. The van der Waals surface area contributed by atoms with Crippen LogP contribution in [0.25, 0.3) is 0 Å². The summed E-state index contributed by atoms with van der Waals surface area (Å²) in [5.41, 5.74) is 2.23. The van der Waals surface area contributed by atoms with Gasteiger partial charge in [-0.15, -0.1) is 11.8 Å². The van der Waals surface area contributed by atoms with Crippen LogP contribution in [0.5, 0.6) is 11.5 Å². The van der Waals surface area contributed by atoms with Crippen molar-refractivity contribution >= 4 is 17.7 Å². The molecule has 1 aromatic heterocycles. The summed E-state index contributed by atoms with van der Waals surface area (Å²) in [6.45, 7) is 1.97. The number of aromatic nitrogens is 1. The van der Waals surface area contributed by atoms with Crippen molar-refractivity contribution in [2.75, 3.05) is 14.2 Å². The van der Waals surface area contributed by atoms with Crippen LogP contribution in [0.15, 0.2) is 35.5 Å². The van der Waals surface area contributed by atoms with Crippen LogP contribution >= 0.6 is 11.8 Å². The first-order valence-corrected chi connectivity index (χ1v) is 7.58. The van der Waals surface area contributed by atoms with Gasteiger partial charge in [-0.1, -0.05) is 0 Å². The van der Waals surface area contributed by atoms with Gasteiger partial charge < -0.3 is 14.6 Å². The van der Waals surface area contributed by atoms with Crippen molar-refractivity contribution in [2.24, 2.45) is 0 Å². The molecular formula is C16H17NO4S. The zero-order valence-corrected chi connectivity index (χ0v) is 13.4. The Morgan fingerprint density at radius 2 is 2.09 bits per heavy atom. The first kappa shape index (κ1) is 16.2. The molecule has 0 aliphatic rings. The Bertz CT molecular complexity index is 688. The zero-order valence-electron chi connectivity index (χ0n) is 12.6. The fraction of sp³-hybridized carbons (Fsp3) is 0.250. The van der Waals surface area contributed by atoms with Crippen molar-refractivity contribution in [3.63, 3.8) is 0 Å². The Hall–Kier alpha value is -2.21. The van der Waals surface area contributed by atoms with E-state index in [0.717, 1.165) is 22.6 Å². The number of carboxylic acid groups (broad SMARTS) is 1. The predicted molar refractivity (Wildman–Crippen MR) is 85.0 cm³/mol. The summed E-state index contributed by atoms with van der Waals surface area (Å²) in [6.07, 6.45) is 1.59. The summed E-state index contributed by atoms with van der Waals surface area (Å²) >= 11 is 1.37. The fourth-order valence-corrected chi connectivity index (χ4v) is 3.14. The molecule has 0 amide bonds. The van der Waals surface area contributed by atoms with Crippen LogP contribution in [0.3, 0.4) is 0 Å². The van der Waals surface area contributed by atoms with Crippen molar-refractivity contribution < 1.29 is 19.4 Å². The van der Waals surface area contributed by atoms with E-state index in [1.54, 1.807) is 32.5 Å². The van der Waals surface area contributed by atoms with Crippen LogP contribution in [0.4, 0.5) is 0 Å². The third-order valence-corrected chi connectivity index (χ3v) is 4.25. The van der Waals surface area contributed by atoms with E-state index in [9.17, 15) is 9.90 Å². The average molecular weight is 319 g/mol. The molecule has 0 aliphatic carbocycles. The molecular weight excluding hydrogens is 302 g/mol. The monoisotopic (exact) mass is 319 g/mol. The van der Waals surface area contributed by atoms with Crippen molar-refractivity contribution in [3.8, 4) is 11.5 Å². The Morgan fingerprint density at radius 3 is 2.73 bits per heavy atom. The molecule has 22 heavy (non-hydrogen) atoms. The number of carbonyl (C=O) groups is 1. The second kappa shape index (κ2) is 7.17. The number of hydrogen-bond acceptors (Lipinski definition) is 5. The molecule has 0 aliphatic heterocycles. The summed E-state index contributed by atoms with van der Waals surface area (Å²) in [5, 5.41) is 9.68. The van der Waals surface area contributed by atoms with Gasteiger partial charge in [0.15, 0.2) is 0 Å². The molecule has 2 aromatic rings. The van der Waals surface area contributed by atoms with Gasteiger partial charge in [0.25, 0.3) is 0 Å². The van der Waals surface area contributed by atoms with E-state index >= 15 is 0 Å². The van der Waals surface area contributed by atoms with E-state index in [4.69, 9.17) is 9.47 Å². The number of rotatable bonds is 6. The highest BCUT2D eigenvalue weighted by Gasteiger charge is 2.14. The zero-order chi connectivity index (χ0) is 16.1. The highest BCUT2D eigenvalue weighted by Crippen LogP contribution is 2.33. The number of nitrogens with zero attached hydrogens (tertiary/aromatic N) is 1. The standard InChI is InChI=1S/C16H17NO4S/c1-10-7-11(20-2)8-14(21-3)13(10)9-22-15-12(16(18)19)5-4-6-17-15/h4-8H,9H2,1-3H3,(H,18,19). The maximum Gasteiger partial charge on any atom is 0.338 e. The van der Waals surface area contributed by atoms with Crippen LogP contribution in [0, 0.1) is 6.92 Å². The van der Waals surface area contributed by atoms with Crippen molar-refractivity contribution in [2.45, 2.75) is 17.7 Å². The van der Waals surface area contributed by atoms with E-state index in [1.807, 2.05) is 19.1 Å². The molecule has 6 heteroatoms. The third-order valence-electron chi connectivity index (χ3n) is 3.22. The van der Waals surface area contributed by atoms with Crippen LogP contribution in [-0.4, -0.2) is 30.3 Å². The van der Waals surface area contributed by atoms with Crippen LogP contribution in [-0.2, 0) is 5.75 Å². The molecule has 1 heterocycles. The summed E-state index contributed by atoms with van der Waals surface area (Å²) in [7, 11) is 3.21. The van der Waals surface area contributed by atoms with E-state index in [1.165, 1.54) is 11.8 Å². The molecule has 1 N–H and O–H groups in total. The molecule has 5 nitrogen and oxygen atoms in total. The summed E-state index contributed by atoms with van der Waals surface area (Å²) in [5.74, 6) is 1.04. The van der Waals surface area contributed by atoms with E-state index in [2.05, 4.69) is 4.98 Å². The first-order valence-electron chi connectivity index (χ1n) is 6.59. The van der Waals surface area contributed by atoms with Gasteiger partial charge in [0.2, 0.25) is 0 Å². The minimum atomic E-state index is -0.978. The number of aromatic carboxylic acids is 1. The average Bonchev–Trinajstić information content (AvgIpc) is 2.53. The molecule has 0 radical (unpaired) electrons. The molecule has 0 saturated carbocycles. The van der Waals surface area contributed by atoms with Gasteiger partial charge >= 0.3 is 5.97 Å². The number of aryl methyl sites for hydroxylation is 1. The Morgan fingerprint density at radius 1 is 1.32 bits per heavy atom. The number of benzene rings is 1. The lowest BCUT2D eigenvalue weighted by atomic mass is 10.1. The SMILES string of the molecule is COc1cc(C)c(CSc2ncccc2C(=O)O)c(OC)c1. The summed E-state index contributed by atoms with van der Waals surface area (Å²) < 4.78 is 10.6. The van der Waals surface area contributed by atoms with Gasteiger partial charge in [0, 0.05) is 23.6 Å². The lowest BCUT2D eigenvalue weighted by Crippen LogP contribution is -2.01. The van der Waals surface area contributed by atoms with Gasteiger partial charge in [0.05, 0.1) is 19.8 Å². The molecule has 0 atom stereocenters. The third kappa shape index (κ3) is 3.51. The number of carboxylic acids is 1. The molecule has 0 bridgehead atoms. The van der Waals surface area contributed by atoms with Gasteiger partial charge in [0.1, 0.15) is 16.5 Å². The minimum Gasteiger partial charge on any atom is -0.497 e. The van der Waals surface area contributed by atoms with Crippen LogP contribution in [0.1, 0.15) is 21.5 Å². The molecule has 0 saturated heterocycles. The Labute approximate surface area is 133 Å². The van der Waals surface area contributed by atoms with Gasteiger partial charge in [-0.05, 0) is 30.7 Å². The largest absolute Gasteiger partial charge is 0.497 e. The second-order valence-electron chi connectivity index (χ2n) is 4.58. The highest BCUT2D eigenvalue weighted by atomic mass is 32.2. The Balaban J connectivity index is 2.27. The van der Waals surface area contributed by atoms with Crippen molar-refractivity contribution in [1.29, 1.82) is 0 Å². The maximum atomic E-state index is 11.2. The summed E-state index contributed by atoms with van der Waals surface area (Å²) in [4.78, 5) is 15.4. The maximum absolute atomic E-state index is 11.2. The smallest absolute Gasteiger partial charge is 0.338 e. The number of ether oxygens (including phenoxy) is 2. The molecule has 0 unspecified atom stereocenters. The van der Waals surface area contributed by atoms with E-state index < -0.39 is 5.97 Å². The van der Waals surface area contributed by atoms with E-state index in [-0.39, 0.29) is 5.56 Å². The predicted octanol–water partition coefficient (Wildman–Crippen LogP) is 3.40. The normalized spacial score (nSPS) is 10.3. The number of thioether (sulfide) groups is 1. The number of methoxy groups -OCH3 is 2. The molecule has 0 spiro atoms. The van der Waals surface area contributed by atoms with E-state index in [0.29, 0.717) is 10.8 Å². The highest BCUT2D eigenvalue weighted by molar-refractivity contribution is 7.98. The van der Waals surface area contributed by atoms with Gasteiger partial charge in [-0.2, -0.15) is 0 Å².